The molecule has 1 aromatic rings. The molecule has 0 atom stereocenters. The van der Waals surface area contributed by atoms with Crippen molar-refractivity contribution in [2.45, 2.75) is 18.9 Å². The fourth-order valence-electron chi connectivity index (χ4n) is 2.50. The number of amides is 1. The molecule has 1 heterocycles. The fourth-order valence-corrected chi connectivity index (χ4v) is 2.50. The van der Waals surface area contributed by atoms with Crippen molar-refractivity contribution in [3.05, 3.63) is 29.8 Å². The topological polar surface area (TPSA) is 56.6 Å². The highest BCUT2D eigenvalue weighted by molar-refractivity contribution is 5.71. The summed E-state index contributed by atoms with van der Waals surface area (Å²) < 4.78 is 5.33. The second-order valence-corrected chi connectivity index (χ2v) is 5.26. The molecule has 5 heteroatoms. The largest absolute Gasteiger partial charge is 0.415 e. The Hall–Kier alpha value is -2.06. The van der Waals surface area contributed by atoms with Crippen LogP contribution in [0.15, 0.2) is 24.3 Å². The molecule has 5 nitrogen and oxygen atoms in total. The Morgan fingerprint density at radius 1 is 1.25 bits per heavy atom. The van der Waals surface area contributed by atoms with Gasteiger partial charge >= 0.3 is 6.09 Å². The molecule has 1 saturated carbocycles. The lowest BCUT2D eigenvalue weighted by atomic mass is 10.2. The van der Waals surface area contributed by atoms with Crippen LogP contribution < -0.4 is 4.74 Å². The van der Waals surface area contributed by atoms with Gasteiger partial charge in [-0.2, -0.15) is 5.26 Å². The van der Waals surface area contributed by atoms with E-state index in [2.05, 4.69) is 4.90 Å². The van der Waals surface area contributed by atoms with Crippen LogP contribution in [0.25, 0.3) is 0 Å². The first-order chi connectivity index (χ1) is 9.76. The second-order valence-electron chi connectivity index (χ2n) is 5.26. The van der Waals surface area contributed by atoms with Gasteiger partial charge in [0.2, 0.25) is 0 Å². The molecule has 3 rings (SSSR count). The second kappa shape index (κ2) is 5.51. The van der Waals surface area contributed by atoms with Crippen molar-refractivity contribution >= 4 is 6.09 Å². The quantitative estimate of drug-likeness (QED) is 0.823. The zero-order chi connectivity index (χ0) is 13.9. The van der Waals surface area contributed by atoms with E-state index in [4.69, 9.17) is 10.00 Å². The summed E-state index contributed by atoms with van der Waals surface area (Å²) in [6.45, 7) is 3.29. The number of rotatable bonds is 2. The Morgan fingerprint density at radius 3 is 2.65 bits per heavy atom. The number of ether oxygens (including phenoxy) is 1. The average molecular weight is 271 g/mol. The summed E-state index contributed by atoms with van der Waals surface area (Å²) in [5, 5.41) is 8.83. The van der Waals surface area contributed by atoms with E-state index in [1.54, 1.807) is 29.2 Å². The zero-order valence-electron chi connectivity index (χ0n) is 11.3. The number of piperazine rings is 1. The van der Waals surface area contributed by atoms with Gasteiger partial charge in [-0.1, -0.05) is 6.07 Å². The van der Waals surface area contributed by atoms with E-state index in [1.807, 2.05) is 6.07 Å². The molecule has 0 N–H and O–H groups in total. The van der Waals surface area contributed by atoms with Crippen LogP contribution in [0.1, 0.15) is 18.4 Å². The molecule has 2 fully saturated rings. The number of benzene rings is 1. The van der Waals surface area contributed by atoms with Crippen LogP contribution in [-0.4, -0.2) is 48.1 Å². The number of hydrogen-bond donors (Lipinski definition) is 0. The van der Waals surface area contributed by atoms with Crippen molar-refractivity contribution in [1.82, 2.24) is 9.80 Å². The van der Waals surface area contributed by atoms with Gasteiger partial charge in [0.25, 0.3) is 0 Å². The third-order valence-corrected chi connectivity index (χ3v) is 3.80. The van der Waals surface area contributed by atoms with E-state index in [1.165, 1.54) is 12.8 Å². The average Bonchev–Trinajstić information content (AvgIpc) is 3.32. The van der Waals surface area contributed by atoms with Crippen molar-refractivity contribution in [1.29, 1.82) is 5.26 Å². The number of nitriles is 1. The molecule has 0 bridgehead atoms. The first kappa shape index (κ1) is 12.9. The molecular formula is C15H17N3O2. The summed E-state index contributed by atoms with van der Waals surface area (Å²) in [6, 6.07) is 9.46. The minimum absolute atomic E-state index is 0.324. The van der Waals surface area contributed by atoms with E-state index in [9.17, 15) is 4.79 Å². The lowest BCUT2D eigenvalue weighted by Crippen LogP contribution is -2.50. The predicted octanol–water partition coefficient (Wildman–Crippen LogP) is 1.84. The standard InChI is InChI=1S/C15H17N3O2/c16-11-12-2-1-3-14(10-12)20-15(19)18-8-6-17(7-9-18)13-4-5-13/h1-3,10,13H,4-9H2. The molecule has 104 valence electrons. The van der Waals surface area contributed by atoms with Crippen molar-refractivity contribution in [3.63, 3.8) is 0 Å². The van der Waals surface area contributed by atoms with Gasteiger partial charge in [0.05, 0.1) is 11.6 Å². The van der Waals surface area contributed by atoms with Crippen molar-refractivity contribution in [3.8, 4) is 11.8 Å². The zero-order valence-corrected chi connectivity index (χ0v) is 11.3. The number of carbonyl (C=O) groups excluding carboxylic acids is 1. The van der Waals surface area contributed by atoms with E-state index in [0.717, 1.165) is 19.1 Å². The molecule has 1 amide bonds. The monoisotopic (exact) mass is 271 g/mol. The maximum Gasteiger partial charge on any atom is 0.415 e. The summed E-state index contributed by atoms with van der Waals surface area (Å²) >= 11 is 0. The molecule has 1 aromatic carbocycles. The van der Waals surface area contributed by atoms with E-state index in [-0.39, 0.29) is 6.09 Å². The number of nitrogens with zero attached hydrogens (tertiary/aromatic N) is 3. The summed E-state index contributed by atoms with van der Waals surface area (Å²) in [7, 11) is 0. The van der Waals surface area contributed by atoms with E-state index >= 15 is 0 Å². The van der Waals surface area contributed by atoms with Gasteiger partial charge in [0.15, 0.2) is 0 Å². The van der Waals surface area contributed by atoms with Crippen LogP contribution in [0.4, 0.5) is 4.79 Å². The lowest BCUT2D eigenvalue weighted by molar-refractivity contribution is 0.107. The summed E-state index contributed by atoms with van der Waals surface area (Å²) in [4.78, 5) is 16.2. The summed E-state index contributed by atoms with van der Waals surface area (Å²) in [5.41, 5.74) is 0.494. The Bertz CT molecular complexity index is 540. The van der Waals surface area contributed by atoms with Crippen molar-refractivity contribution in [2.24, 2.45) is 0 Å². The number of carbonyl (C=O) groups is 1. The molecule has 0 aromatic heterocycles. The molecule has 1 saturated heterocycles. The maximum absolute atomic E-state index is 12.1. The normalized spacial score (nSPS) is 19.4. The van der Waals surface area contributed by atoms with E-state index in [0.29, 0.717) is 24.4 Å². The molecule has 1 aliphatic carbocycles. The van der Waals surface area contributed by atoms with Crippen LogP contribution in [0, 0.1) is 11.3 Å². The van der Waals surface area contributed by atoms with Gasteiger partial charge in [-0.05, 0) is 31.0 Å². The molecule has 20 heavy (non-hydrogen) atoms. The van der Waals surface area contributed by atoms with Gasteiger partial charge in [-0.3, -0.25) is 4.90 Å². The summed E-state index contributed by atoms with van der Waals surface area (Å²) in [6.07, 6.45) is 2.27. The smallest absolute Gasteiger partial charge is 0.410 e. The third-order valence-electron chi connectivity index (χ3n) is 3.80. The maximum atomic E-state index is 12.1. The predicted molar refractivity (Wildman–Crippen MR) is 73.3 cm³/mol. The number of hydrogen-bond acceptors (Lipinski definition) is 4. The SMILES string of the molecule is N#Cc1cccc(OC(=O)N2CCN(C3CC3)CC2)c1. The van der Waals surface area contributed by atoms with Crippen LogP contribution in [-0.2, 0) is 0 Å². The Balaban J connectivity index is 1.55. The van der Waals surface area contributed by atoms with E-state index < -0.39 is 0 Å². The van der Waals surface area contributed by atoms with Crippen LogP contribution in [0.3, 0.4) is 0 Å². The van der Waals surface area contributed by atoms with Gasteiger partial charge < -0.3 is 9.64 Å². The highest BCUT2D eigenvalue weighted by Gasteiger charge is 2.32. The minimum atomic E-state index is -0.324. The molecule has 1 aliphatic heterocycles. The summed E-state index contributed by atoms with van der Waals surface area (Å²) in [5.74, 6) is 0.429. The Labute approximate surface area is 118 Å². The third kappa shape index (κ3) is 2.91. The molecular weight excluding hydrogens is 254 g/mol. The lowest BCUT2D eigenvalue weighted by Gasteiger charge is -2.34. The van der Waals surface area contributed by atoms with Gasteiger partial charge in [-0.25, -0.2) is 4.79 Å². The van der Waals surface area contributed by atoms with Crippen LogP contribution >= 0.6 is 0 Å². The van der Waals surface area contributed by atoms with Crippen LogP contribution in [0.5, 0.6) is 5.75 Å². The van der Waals surface area contributed by atoms with Gasteiger partial charge in [0.1, 0.15) is 5.75 Å². The highest BCUT2D eigenvalue weighted by atomic mass is 16.6. The van der Waals surface area contributed by atoms with Crippen molar-refractivity contribution < 1.29 is 9.53 Å². The van der Waals surface area contributed by atoms with Crippen molar-refractivity contribution in [2.75, 3.05) is 26.2 Å². The van der Waals surface area contributed by atoms with Gasteiger partial charge in [-0.15, -0.1) is 0 Å². The first-order valence-electron chi connectivity index (χ1n) is 6.97. The molecule has 0 spiro atoms. The Morgan fingerprint density at radius 2 is 2.00 bits per heavy atom. The first-order valence-corrected chi connectivity index (χ1v) is 6.97. The van der Waals surface area contributed by atoms with Gasteiger partial charge in [0, 0.05) is 32.2 Å². The van der Waals surface area contributed by atoms with Crippen LogP contribution in [0.2, 0.25) is 0 Å². The fraction of sp³-hybridized carbons (Fsp3) is 0.467. The Kier molecular flexibility index (Phi) is 3.57. The molecule has 0 unspecified atom stereocenters. The highest BCUT2D eigenvalue weighted by Crippen LogP contribution is 2.27. The molecule has 2 aliphatic rings. The minimum Gasteiger partial charge on any atom is -0.410 e. The molecule has 0 radical (unpaired) electrons.